The Bertz CT molecular complexity index is 1480. The zero-order valence-corrected chi connectivity index (χ0v) is 19.4. The van der Waals surface area contributed by atoms with E-state index >= 15 is 0 Å². The maximum Gasteiger partial charge on any atom is 0.337 e. The van der Waals surface area contributed by atoms with Gasteiger partial charge in [-0.15, -0.1) is 0 Å². The number of anilines is 2. The van der Waals surface area contributed by atoms with E-state index in [1.807, 2.05) is 0 Å². The summed E-state index contributed by atoms with van der Waals surface area (Å²) in [5.74, 6) is -5.41. The van der Waals surface area contributed by atoms with Gasteiger partial charge in [0.25, 0.3) is 11.8 Å². The highest BCUT2D eigenvalue weighted by Gasteiger charge is 2.18. The summed E-state index contributed by atoms with van der Waals surface area (Å²) in [7, 11) is 0. The fourth-order valence-corrected chi connectivity index (χ4v) is 3.67. The molecule has 4 aromatic carbocycles. The van der Waals surface area contributed by atoms with Crippen LogP contribution >= 0.6 is 0 Å². The zero-order chi connectivity index (χ0) is 27.4. The predicted molar refractivity (Wildman–Crippen MR) is 135 cm³/mol. The Hall–Kier alpha value is -5.38. The lowest BCUT2D eigenvalue weighted by Crippen LogP contribution is -2.15. The minimum absolute atomic E-state index is 0.00704. The van der Waals surface area contributed by atoms with E-state index in [1.54, 1.807) is 0 Å². The minimum Gasteiger partial charge on any atom is -0.478 e. The number of amides is 2. The topological polar surface area (TPSA) is 133 Å². The average Bonchev–Trinajstić information content (AvgIpc) is 2.89. The van der Waals surface area contributed by atoms with Gasteiger partial charge in [0.05, 0.1) is 22.5 Å². The van der Waals surface area contributed by atoms with Crippen molar-refractivity contribution in [2.45, 2.75) is 0 Å². The van der Waals surface area contributed by atoms with Crippen LogP contribution in [-0.2, 0) is 0 Å². The lowest BCUT2D eigenvalue weighted by atomic mass is 9.98. The number of carboxylic acid groups (broad SMARTS) is 2. The molecule has 0 saturated carbocycles. The maximum atomic E-state index is 13.5. The van der Waals surface area contributed by atoms with E-state index in [1.165, 1.54) is 60.7 Å². The van der Waals surface area contributed by atoms with Crippen molar-refractivity contribution < 1.29 is 38.2 Å². The molecule has 4 aromatic rings. The summed E-state index contributed by atoms with van der Waals surface area (Å²) < 4.78 is 26.9. The summed E-state index contributed by atoms with van der Waals surface area (Å²) in [5.41, 5.74) is -0.0470. The predicted octanol–water partition coefficient (Wildman–Crippen LogP) is 5.53. The molecule has 38 heavy (non-hydrogen) atoms. The number of carboxylic acids is 2. The van der Waals surface area contributed by atoms with Crippen LogP contribution in [-0.4, -0.2) is 34.0 Å². The Morgan fingerprint density at radius 2 is 0.947 bits per heavy atom. The van der Waals surface area contributed by atoms with Crippen LogP contribution in [0.15, 0.2) is 84.9 Å². The van der Waals surface area contributed by atoms with Gasteiger partial charge in [-0.1, -0.05) is 24.3 Å². The molecule has 0 fully saturated rings. The van der Waals surface area contributed by atoms with Crippen LogP contribution in [0.3, 0.4) is 0 Å². The molecule has 0 aliphatic heterocycles. The van der Waals surface area contributed by atoms with E-state index in [0.717, 1.165) is 24.3 Å². The first-order chi connectivity index (χ1) is 18.1. The molecule has 4 rings (SSSR count). The number of aromatic carboxylic acids is 2. The maximum absolute atomic E-state index is 13.5. The standard InChI is InChI=1S/C28H18F2N2O6/c29-19-5-1-3-17(11-19)25(33)31-23-9-7-15(13-21(23)27(35)36)16-8-10-24(22(14-16)28(37)38)32-26(34)18-4-2-6-20(30)12-18/h1-14H,(H,31,33)(H,32,34)(H,35,36)(H,37,38). The molecule has 0 saturated heterocycles. The van der Waals surface area contributed by atoms with Crippen LogP contribution in [0, 0.1) is 11.6 Å². The molecular weight excluding hydrogens is 498 g/mol. The third kappa shape index (κ3) is 5.71. The number of hydrogen-bond donors (Lipinski definition) is 4. The molecule has 0 bridgehead atoms. The summed E-state index contributed by atoms with van der Waals surface area (Å²) in [6.07, 6.45) is 0. The molecule has 0 aromatic heterocycles. The number of nitrogens with one attached hydrogen (secondary N) is 2. The number of halogens is 2. The number of benzene rings is 4. The van der Waals surface area contributed by atoms with Crippen molar-refractivity contribution in [3.8, 4) is 11.1 Å². The fraction of sp³-hybridized carbons (Fsp3) is 0. The largest absolute Gasteiger partial charge is 0.478 e. The van der Waals surface area contributed by atoms with E-state index in [4.69, 9.17) is 0 Å². The van der Waals surface area contributed by atoms with Crippen molar-refractivity contribution in [1.29, 1.82) is 0 Å². The molecular formula is C28H18F2N2O6. The molecule has 0 aliphatic carbocycles. The van der Waals surface area contributed by atoms with Gasteiger partial charge >= 0.3 is 11.9 Å². The SMILES string of the molecule is O=C(Nc1ccc(-c2ccc(NC(=O)c3cccc(F)c3)c(C(=O)O)c2)cc1C(=O)O)c1cccc(F)c1. The minimum atomic E-state index is -1.36. The summed E-state index contributed by atoms with van der Waals surface area (Å²) in [5, 5.41) is 24.3. The van der Waals surface area contributed by atoms with Crippen LogP contribution in [0.2, 0.25) is 0 Å². The Balaban J connectivity index is 1.64. The highest BCUT2D eigenvalue weighted by Crippen LogP contribution is 2.29. The van der Waals surface area contributed by atoms with Crippen LogP contribution in [0.4, 0.5) is 20.2 Å². The second-order valence-electron chi connectivity index (χ2n) is 8.06. The van der Waals surface area contributed by atoms with E-state index in [-0.39, 0.29) is 33.6 Å². The first-order valence-corrected chi connectivity index (χ1v) is 11.0. The summed E-state index contributed by atoms with van der Waals surface area (Å²) >= 11 is 0. The van der Waals surface area contributed by atoms with Crippen LogP contribution in [0.1, 0.15) is 41.4 Å². The highest BCUT2D eigenvalue weighted by molar-refractivity contribution is 6.09. The quantitative estimate of drug-likeness (QED) is 0.255. The van der Waals surface area contributed by atoms with Crippen molar-refractivity contribution >= 4 is 35.1 Å². The Morgan fingerprint density at radius 1 is 0.553 bits per heavy atom. The van der Waals surface area contributed by atoms with Crippen LogP contribution in [0.5, 0.6) is 0 Å². The lowest BCUT2D eigenvalue weighted by molar-refractivity contribution is 0.0686. The second-order valence-corrected chi connectivity index (χ2v) is 8.06. The molecule has 0 spiro atoms. The second kappa shape index (κ2) is 10.7. The summed E-state index contributed by atoms with van der Waals surface area (Å²) in [6.45, 7) is 0. The smallest absolute Gasteiger partial charge is 0.337 e. The van der Waals surface area contributed by atoms with E-state index < -0.39 is 35.4 Å². The van der Waals surface area contributed by atoms with Crippen molar-refractivity contribution in [1.82, 2.24) is 0 Å². The van der Waals surface area contributed by atoms with E-state index in [9.17, 15) is 38.2 Å². The number of hydrogen-bond acceptors (Lipinski definition) is 4. The van der Waals surface area contributed by atoms with Gasteiger partial charge < -0.3 is 20.8 Å². The number of carbonyl (C=O) groups excluding carboxylic acids is 2. The summed E-state index contributed by atoms with van der Waals surface area (Å²) in [4.78, 5) is 48.8. The van der Waals surface area contributed by atoms with Crippen molar-refractivity contribution in [3.05, 3.63) is 119 Å². The van der Waals surface area contributed by atoms with Crippen LogP contribution < -0.4 is 10.6 Å². The third-order valence-electron chi connectivity index (χ3n) is 5.50. The molecule has 0 unspecified atom stereocenters. The average molecular weight is 516 g/mol. The number of rotatable bonds is 7. The first kappa shape index (κ1) is 25.7. The molecule has 8 nitrogen and oxygen atoms in total. The Kier molecular flexibility index (Phi) is 7.24. The van der Waals surface area contributed by atoms with Crippen molar-refractivity contribution in [3.63, 3.8) is 0 Å². The molecule has 10 heteroatoms. The van der Waals surface area contributed by atoms with Crippen LogP contribution in [0.25, 0.3) is 11.1 Å². The van der Waals surface area contributed by atoms with Gasteiger partial charge in [0.2, 0.25) is 0 Å². The van der Waals surface area contributed by atoms with Crippen molar-refractivity contribution in [2.75, 3.05) is 10.6 Å². The van der Waals surface area contributed by atoms with Gasteiger partial charge in [0, 0.05) is 11.1 Å². The van der Waals surface area contributed by atoms with Gasteiger partial charge in [-0.3, -0.25) is 9.59 Å². The normalized spacial score (nSPS) is 10.5. The monoisotopic (exact) mass is 516 g/mol. The Morgan fingerprint density at radius 3 is 1.29 bits per heavy atom. The molecule has 0 aliphatic rings. The van der Waals surface area contributed by atoms with Gasteiger partial charge in [-0.2, -0.15) is 0 Å². The number of carbonyl (C=O) groups is 4. The molecule has 0 atom stereocenters. The molecule has 0 radical (unpaired) electrons. The van der Waals surface area contributed by atoms with E-state index in [2.05, 4.69) is 10.6 Å². The van der Waals surface area contributed by atoms with Gasteiger partial charge in [0.15, 0.2) is 0 Å². The van der Waals surface area contributed by atoms with Crippen molar-refractivity contribution in [2.24, 2.45) is 0 Å². The zero-order valence-electron chi connectivity index (χ0n) is 19.4. The van der Waals surface area contributed by atoms with Gasteiger partial charge in [-0.25, -0.2) is 18.4 Å². The van der Waals surface area contributed by atoms with E-state index in [0.29, 0.717) is 11.1 Å². The molecule has 190 valence electrons. The molecule has 2 amide bonds. The van der Waals surface area contributed by atoms with Gasteiger partial charge in [0.1, 0.15) is 11.6 Å². The Labute approximate surface area is 214 Å². The van der Waals surface area contributed by atoms with Gasteiger partial charge in [-0.05, 0) is 71.8 Å². The molecule has 0 heterocycles. The fourth-order valence-electron chi connectivity index (χ4n) is 3.67. The first-order valence-electron chi connectivity index (χ1n) is 11.0. The summed E-state index contributed by atoms with van der Waals surface area (Å²) in [6, 6.07) is 17.9. The lowest BCUT2D eigenvalue weighted by Gasteiger charge is -2.13. The highest BCUT2D eigenvalue weighted by atomic mass is 19.1. The molecule has 4 N–H and O–H groups in total. The third-order valence-corrected chi connectivity index (χ3v) is 5.50.